The van der Waals surface area contributed by atoms with Crippen LogP contribution in [0.1, 0.15) is 20.8 Å². The van der Waals surface area contributed by atoms with Gasteiger partial charge in [0.05, 0.1) is 18.8 Å². The molecule has 18 heavy (non-hydrogen) atoms. The average Bonchev–Trinajstić information content (AvgIpc) is 2.62. The van der Waals surface area contributed by atoms with E-state index in [2.05, 4.69) is 0 Å². The average molecular weight is 296 g/mol. The molecule has 1 saturated heterocycles. The number of carbonyl (C=O) groups excluding carboxylic acids is 1. The number of allylic oxidation sites excluding steroid dienone is 1. The second kappa shape index (κ2) is 7.34. The fourth-order valence-corrected chi connectivity index (χ4v) is 1.90. The van der Waals surface area contributed by atoms with Gasteiger partial charge < -0.3 is 14.4 Å². The van der Waals surface area contributed by atoms with E-state index in [1.807, 2.05) is 32.9 Å². The molecule has 4 nitrogen and oxygen atoms in total. The number of alkyl halides is 2. The quantitative estimate of drug-likeness (QED) is 0.577. The number of carbonyl (C=O) groups is 1. The zero-order valence-electron chi connectivity index (χ0n) is 10.8. The highest BCUT2D eigenvalue weighted by Crippen LogP contribution is 2.20. The van der Waals surface area contributed by atoms with E-state index in [1.54, 1.807) is 0 Å². The number of hydrogen-bond donors (Lipinski definition) is 0. The fraction of sp³-hybridized carbons (Fsp3) is 0.750. The topological polar surface area (TPSA) is 38.8 Å². The minimum Gasteiger partial charge on any atom is -0.345 e. The van der Waals surface area contributed by atoms with Crippen molar-refractivity contribution < 1.29 is 14.3 Å². The van der Waals surface area contributed by atoms with Gasteiger partial charge in [-0.2, -0.15) is 0 Å². The zero-order chi connectivity index (χ0) is 13.7. The van der Waals surface area contributed by atoms with Crippen LogP contribution in [0.15, 0.2) is 12.2 Å². The van der Waals surface area contributed by atoms with Crippen LogP contribution in [0.4, 0.5) is 0 Å². The molecule has 1 heterocycles. The maximum absolute atomic E-state index is 11.8. The van der Waals surface area contributed by atoms with Gasteiger partial charge >= 0.3 is 0 Å². The van der Waals surface area contributed by atoms with Crippen LogP contribution in [0.2, 0.25) is 0 Å². The molecule has 0 radical (unpaired) electrons. The lowest BCUT2D eigenvalue weighted by Gasteiger charge is -2.24. The van der Waals surface area contributed by atoms with E-state index < -0.39 is 11.1 Å². The van der Waals surface area contributed by atoms with Crippen molar-refractivity contribution >= 4 is 29.1 Å². The van der Waals surface area contributed by atoms with E-state index >= 15 is 0 Å². The molecule has 6 heteroatoms. The molecule has 0 N–H and O–H groups in total. The lowest BCUT2D eigenvalue weighted by atomic mass is 10.3. The first-order valence-corrected chi connectivity index (χ1v) is 6.82. The van der Waals surface area contributed by atoms with Gasteiger partial charge in [0.2, 0.25) is 0 Å². The highest BCUT2D eigenvalue weighted by atomic mass is 35.5. The van der Waals surface area contributed by atoms with Crippen molar-refractivity contribution in [3.05, 3.63) is 12.2 Å². The summed E-state index contributed by atoms with van der Waals surface area (Å²) in [7, 11) is 0. The molecule has 0 aromatic carbocycles. The van der Waals surface area contributed by atoms with E-state index in [-0.39, 0.29) is 18.1 Å². The largest absolute Gasteiger partial charge is 0.345 e. The smallest absolute Gasteiger partial charge is 0.256 e. The molecule has 0 aromatic heterocycles. The molecular weight excluding hydrogens is 277 g/mol. The predicted octanol–water partition coefficient (Wildman–Crippen LogP) is 2.34. The number of halogens is 2. The molecule has 0 aliphatic carbocycles. The molecule has 2 atom stereocenters. The first-order valence-electron chi connectivity index (χ1n) is 5.94. The summed E-state index contributed by atoms with van der Waals surface area (Å²) >= 11 is 11.2. The monoisotopic (exact) mass is 295 g/mol. The maximum atomic E-state index is 11.8. The van der Waals surface area contributed by atoms with Gasteiger partial charge in [-0.15, -0.1) is 0 Å². The Morgan fingerprint density at radius 1 is 1.33 bits per heavy atom. The SMILES string of the molecule is C/C=C/CN(CC1OC(C)C(C)O1)C(=O)C(Cl)Cl. The number of rotatable bonds is 5. The summed E-state index contributed by atoms with van der Waals surface area (Å²) in [6.45, 7) is 6.53. The van der Waals surface area contributed by atoms with Crippen LogP contribution < -0.4 is 0 Å². The summed E-state index contributed by atoms with van der Waals surface area (Å²) in [5, 5.41) is 0. The normalized spacial score (nSPS) is 28.2. The Kier molecular flexibility index (Phi) is 6.43. The van der Waals surface area contributed by atoms with Crippen LogP contribution in [-0.2, 0) is 14.3 Å². The van der Waals surface area contributed by atoms with Gasteiger partial charge in [0.25, 0.3) is 5.91 Å². The summed E-state index contributed by atoms with van der Waals surface area (Å²) in [5.41, 5.74) is 0. The Bertz CT molecular complexity index is 300. The Balaban J connectivity index is 2.58. The minimum absolute atomic E-state index is 0.0245. The lowest BCUT2D eigenvalue weighted by Crippen LogP contribution is -2.41. The van der Waals surface area contributed by atoms with Gasteiger partial charge in [-0.1, -0.05) is 35.4 Å². The van der Waals surface area contributed by atoms with Crippen molar-refractivity contribution in [1.29, 1.82) is 0 Å². The first kappa shape index (κ1) is 15.8. The fourth-order valence-electron chi connectivity index (χ4n) is 1.62. The summed E-state index contributed by atoms with van der Waals surface area (Å²) in [6, 6.07) is 0. The standard InChI is InChI=1S/C12H19Cl2NO3/c1-4-5-6-15(12(16)11(13)14)7-10-17-8(2)9(3)18-10/h4-5,8-11H,6-7H2,1-3H3/b5-4+. The summed E-state index contributed by atoms with van der Waals surface area (Å²) in [5.74, 6) is -0.337. The van der Waals surface area contributed by atoms with Crippen molar-refractivity contribution in [3.8, 4) is 0 Å². The van der Waals surface area contributed by atoms with E-state index in [0.717, 1.165) is 0 Å². The predicted molar refractivity (Wildman–Crippen MR) is 71.8 cm³/mol. The van der Waals surface area contributed by atoms with Gasteiger partial charge in [-0.25, -0.2) is 0 Å². The summed E-state index contributed by atoms with van der Waals surface area (Å²) < 4.78 is 11.2. The van der Waals surface area contributed by atoms with Gasteiger partial charge in [0, 0.05) is 6.54 Å². The van der Waals surface area contributed by atoms with Crippen molar-refractivity contribution in [2.45, 2.75) is 44.1 Å². The molecule has 0 saturated carbocycles. The number of nitrogens with zero attached hydrogens (tertiary/aromatic N) is 1. The van der Waals surface area contributed by atoms with Crippen LogP contribution >= 0.6 is 23.2 Å². The van der Waals surface area contributed by atoms with Crippen LogP contribution in [0.3, 0.4) is 0 Å². The second-order valence-electron chi connectivity index (χ2n) is 4.22. The minimum atomic E-state index is -1.06. The van der Waals surface area contributed by atoms with Crippen LogP contribution in [0, 0.1) is 0 Å². The Labute approximate surface area is 118 Å². The molecule has 2 unspecified atom stereocenters. The molecule has 1 fully saturated rings. The molecule has 0 spiro atoms. The van der Waals surface area contributed by atoms with Crippen LogP contribution in [-0.4, -0.2) is 47.2 Å². The summed E-state index contributed by atoms with van der Waals surface area (Å²) in [6.07, 6.45) is 3.35. The van der Waals surface area contributed by atoms with Gasteiger partial charge in [-0.3, -0.25) is 4.79 Å². The molecule has 0 aromatic rings. The van der Waals surface area contributed by atoms with E-state index in [1.165, 1.54) is 4.90 Å². The molecule has 1 aliphatic rings. The highest BCUT2D eigenvalue weighted by molar-refractivity contribution is 6.53. The Morgan fingerprint density at radius 3 is 2.33 bits per heavy atom. The third-order valence-electron chi connectivity index (χ3n) is 2.82. The third kappa shape index (κ3) is 4.43. The zero-order valence-corrected chi connectivity index (χ0v) is 12.3. The molecule has 1 aliphatic heterocycles. The molecular formula is C12H19Cl2NO3. The van der Waals surface area contributed by atoms with E-state index in [9.17, 15) is 4.79 Å². The molecule has 1 amide bonds. The van der Waals surface area contributed by atoms with E-state index in [0.29, 0.717) is 13.1 Å². The highest BCUT2D eigenvalue weighted by Gasteiger charge is 2.32. The van der Waals surface area contributed by atoms with Crippen molar-refractivity contribution in [2.24, 2.45) is 0 Å². The van der Waals surface area contributed by atoms with Crippen LogP contribution in [0.25, 0.3) is 0 Å². The number of hydrogen-bond acceptors (Lipinski definition) is 3. The third-order valence-corrected chi connectivity index (χ3v) is 3.20. The first-order chi connectivity index (χ1) is 8.45. The van der Waals surface area contributed by atoms with E-state index in [4.69, 9.17) is 32.7 Å². The molecule has 0 bridgehead atoms. The molecule has 1 rings (SSSR count). The van der Waals surface area contributed by atoms with Gasteiger partial charge in [-0.05, 0) is 20.8 Å². The van der Waals surface area contributed by atoms with Gasteiger partial charge in [0.1, 0.15) is 0 Å². The second-order valence-corrected chi connectivity index (χ2v) is 5.32. The van der Waals surface area contributed by atoms with Crippen LogP contribution in [0.5, 0.6) is 0 Å². The Hall–Kier alpha value is -0.290. The van der Waals surface area contributed by atoms with Gasteiger partial charge in [0.15, 0.2) is 11.1 Å². The lowest BCUT2D eigenvalue weighted by molar-refractivity contribution is -0.136. The Morgan fingerprint density at radius 2 is 1.89 bits per heavy atom. The van der Waals surface area contributed by atoms with Crippen molar-refractivity contribution in [3.63, 3.8) is 0 Å². The summed E-state index contributed by atoms with van der Waals surface area (Å²) in [4.78, 5) is 12.3. The van der Waals surface area contributed by atoms with Crippen molar-refractivity contribution in [2.75, 3.05) is 13.1 Å². The molecule has 104 valence electrons. The maximum Gasteiger partial charge on any atom is 0.256 e. The number of amides is 1. The van der Waals surface area contributed by atoms with Crippen molar-refractivity contribution in [1.82, 2.24) is 4.90 Å². The number of ether oxygens (including phenoxy) is 2.